The van der Waals surface area contributed by atoms with Gasteiger partial charge in [-0.25, -0.2) is 8.42 Å². The van der Waals surface area contributed by atoms with Crippen LogP contribution in [0.15, 0.2) is 35.2 Å². The molecule has 0 aromatic heterocycles. The predicted octanol–water partition coefficient (Wildman–Crippen LogP) is 1.60. The molecule has 0 amide bonds. The van der Waals surface area contributed by atoms with Crippen molar-refractivity contribution >= 4 is 25.3 Å². The summed E-state index contributed by atoms with van der Waals surface area (Å²) in [7, 11) is 1.64. The molecule has 5 heteroatoms. The van der Waals surface area contributed by atoms with Crippen molar-refractivity contribution in [3.05, 3.63) is 35.9 Å². The highest BCUT2D eigenvalue weighted by molar-refractivity contribution is 8.13. The van der Waals surface area contributed by atoms with Crippen LogP contribution in [-0.4, -0.2) is 21.5 Å². The molecule has 0 aliphatic carbocycles. The van der Waals surface area contributed by atoms with Crippen molar-refractivity contribution in [3.63, 3.8) is 0 Å². The van der Waals surface area contributed by atoms with E-state index in [4.69, 9.17) is 10.7 Å². The van der Waals surface area contributed by atoms with Crippen LogP contribution < -0.4 is 5.32 Å². The first-order chi connectivity index (χ1) is 7.07. The van der Waals surface area contributed by atoms with Gasteiger partial charge in [0.25, 0.3) is 9.05 Å². The summed E-state index contributed by atoms with van der Waals surface area (Å²) in [5.74, 6) is 0. The maximum Gasteiger partial charge on any atom is 0.261 e. The number of nitrogens with one attached hydrogen (secondary N) is 1. The molecule has 15 heavy (non-hydrogen) atoms. The lowest BCUT2D eigenvalue weighted by Gasteiger charge is -2.03. The maximum atomic E-state index is 11.1. The van der Waals surface area contributed by atoms with Gasteiger partial charge in [-0.1, -0.05) is 18.2 Å². The Hall–Kier alpha value is -0.840. The minimum absolute atomic E-state index is 0.148. The van der Waals surface area contributed by atoms with Gasteiger partial charge in [0.1, 0.15) is 0 Å². The SMILES string of the molecule is O=S(=O)(Cl)c1cccc(C2=CCNC2)c1. The van der Waals surface area contributed by atoms with Gasteiger partial charge in [-0.15, -0.1) is 0 Å². The van der Waals surface area contributed by atoms with Gasteiger partial charge >= 0.3 is 0 Å². The van der Waals surface area contributed by atoms with Crippen molar-refractivity contribution < 1.29 is 8.42 Å². The lowest BCUT2D eigenvalue weighted by atomic mass is 10.1. The fourth-order valence-corrected chi connectivity index (χ4v) is 2.34. The fraction of sp³-hybridized carbons (Fsp3) is 0.200. The third-order valence-electron chi connectivity index (χ3n) is 2.29. The van der Waals surface area contributed by atoms with E-state index in [0.29, 0.717) is 0 Å². The molecule has 0 fully saturated rings. The van der Waals surface area contributed by atoms with Crippen LogP contribution in [0.3, 0.4) is 0 Å². The topological polar surface area (TPSA) is 46.2 Å². The van der Waals surface area contributed by atoms with Gasteiger partial charge in [0.15, 0.2) is 0 Å². The van der Waals surface area contributed by atoms with Gasteiger partial charge < -0.3 is 5.32 Å². The molecule has 0 saturated carbocycles. The Morgan fingerprint density at radius 1 is 1.33 bits per heavy atom. The smallest absolute Gasteiger partial charge is 0.261 e. The Morgan fingerprint density at radius 3 is 2.73 bits per heavy atom. The highest BCUT2D eigenvalue weighted by Crippen LogP contribution is 2.21. The lowest BCUT2D eigenvalue weighted by Crippen LogP contribution is -2.07. The number of hydrogen-bond acceptors (Lipinski definition) is 3. The molecule has 1 heterocycles. The van der Waals surface area contributed by atoms with Crippen LogP contribution in [-0.2, 0) is 9.05 Å². The molecule has 1 aliphatic rings. The molecule has 0 saturated heterocycles. The van der Waals surface area contributed by atoms with Crippen LogP contribution in [0.5, 0.6) is 0 Å². The van der Waals surface area contributed by atoms with Crippen LogP contribution in [0.4, 0.5) is 0 Å². The number of hydrogen-bond donors (Lipinski definition) is 1. The van der Waals surface area contributed by atoms with Crippen LogP contribution in [0.1, 0.15) is 5.56 Å². The second-order valence-corrected chi connectivity index (χ2v) is 5.89. The van der Waals surface area contributed by atoms with Gasteiger partial charge in [0, 0.05) is 23.8 Å². The van der Waals surface area contributed by atoms with E-state index in [2.05, 4.69) is 5.32 Å². The van der Waals surface area contributed by atoms with Crippen LogP contribution in [0.25, 0.3) is 5.57 Å². The summed E-state index contributed by atoms with van der Waals surface area (Å²) >= 11 is 0. The van der Waals surface area contributed by atoms with E-state index in [0.717, 1.165) is 24.2 Å². The Bertz CT molecular complexity index is 508. The van der Waals surface area contributed by atoms with Crippen molar-refractivity contribution in [2.45, 2.75) is 4.90 Å². The molecular weight excluding hydrogens is 234 g/mol. The third-order valence-corrected chi connectivity index (χ3v) is 3.65. The molecule has 2 rings (SSSR count). The second-order valence-electron chi connectivity index (χ2n) is 3.33. The monoisotopic (exact) mass is 243 g/mol. The molecule has 1 aromatic rings. The summed E-state index contributed by atoms with van der Waals surface area (Å²) in [5, 5.41) is 3.15. The quantitative estimate of drug-likeness (QED) is 0.803. The molecule has 80 valence electrons. The molecule has 0 atom stereocenters. The number of rotatable bonds is 2. The zero-order chi connectivity index (χ0) is 10.9. The van der Waals surface area contributed by atoms with E-state index in [-0.39, 0.29) is 4.90 Å². The summed E-state index contributed by atoms with van der Waals surface area (Å²) in [5.41, 5.74) is 2.01. The van der Waals surface area contributed by atoms with Crippen molar-refractivity contribution in [3.8, 4) is 0 Å². The molecule has 1 N–H and O–H groups in total. The molecule has 1 aromatic carbocycles. The summed E-state index contributed by atoms with van der Waals surface area (Å²) in [6.45, 7) is 1.60. The average Bonchev–Trinajstić information content (AvgIpc) is 2.69. The first-order valence-electron chi connectivity index (χ1n) is 4.52. The lowest BCUT2D eigenvalue weighted by molar-refractivity contribution is 0.609. The molecule has 1 aliphatic heterocycles. The minimum atomic E-state index is -3.63. The minimum Gasteiger partial charge on any atom is -0.309 e. The standard InChI is InChI=1S/C10H10ClNO2S/c11-15(13,14)10-3-1-2-8(6-10)9-4-5-12-7-9/h1-4,6,12H,5,7H2. The summed E-state index contributed by atoms with van der Waals surface area (Å²) in [6, 6.07) is 6.67. The van der Waals surface area contributed by atoms with Gasteiger partial charge in [-0.3, -0.25) is 0 Å². The molecule has 0 unspecified atom stereocenters. The predicted molar refractivity (Wildman–Crippen MR) is 60.3 cm³/mol. The van der Waals surface area contributed by atoms with E-state index in [1.165, 1.54) is 6.07 Å². The molecule has 3 nitrogen and oxygen atoms in total. The Kier molecular flexibility index (Phi) is 2.82. The van der Waals surface area contributed by atoms with Crippen molar-refractivity contribution in [1.29, 1.82) is 0 Å². The van der Waals surface area contributed by atoms with Gasteiger partial charge in [0.2, 0.25) is 0 Å². The normalized spacial score (nSPS) is 16.5. The number of benzene rings is 1. The Labute approximate surface area is 93.2 Å². The third kappa shape index (κ3) is 2.40. The molecular formula is C10H10ClNO2S. The van der Waals surface area contributed by atoms with Crippen LogP contribution in [0.2, 0.25) is 0 Å². The Balaban J connectivity index is 2.43. The average molecular weight is 244 g/mol. The van der Waals surface area contributed by atoms with Gasteiger partial charge in [-0.05, 0) is 23.3 Å². The summed E-state index contributed by atoms with van der Waals surface area (Å²) in [4.78, 5) is 0.148. The zero-order valence-corrected chi connectivity index (χ0v) is 9.48. The summed E-state index contributed by atoms with van der Waals surface area (Å²) in [6.07, 6.45) is 2.04. The first kappa shape index (κ1) is 10.7. The van der Waals surface area contributed by atoms with E-state index < -0.39 is 9.05 Å². The molecule has 0 bridgehead atoms. The van der Waals surface area contributed by atoms with E-state index in [9.17, 15) is 8.42 Å². The largest absolute Gasteiger partial charge is 0.309 e. The highest BCUT2D eigenvalue weighted by atomic mass is 35.7. The van der Waals surface area contributed by atoms with Crippen LogP contribution in [0, 0.1) is 0 Å². The molecule has 0 radical (unpaired) electrons. The van der Waals surface area contributed by atoms with Crippen LogP contribution >= 0.6 is 10.7 Å². The van der Waals surface area contributed by atoms with E-state index in [1.807, 2.05) is 12.1 Å². The highest BCUT2D eigenvalue weighted by Gasteiger charge is 2.12. The van der Waals surface area contributed by atoms with Gasteiger partial charge in [0.05, 0.1) is 4.90 Å². The maximum absolute atomic E-state index is 11.1. The Morgan fingerprint density at radius 2 is 2.13 bits per heavy atom. The zero-order valence-electron chi connectivity index (χ0n) is 7.90. The second kappa shape index (κ2) is 3.96. The van der Waals surface area contributed by atoms with Crippen molar-refractivity contribution in [2.24, 2.45) is 0 Å². The van der Waals surface area contributed by atoms with Crippen molar-refractivity contribution in [2.75, 3.05) is 13.1 Å². The molecule has 0 spiro atoms. The summed E-state index contributed by atoms with van der Waals surface area (Å²) < 4.78 is 22.3. The van der Waals surface area contributed by atoms with E-state index in [1.54, 1.807) is 12.1 Å². The van der Waals surface area contributed by atoms with Gasteiger partial charge in [-0.2, -0.15) is 0 Å². The first-order valence-corrected chi connectivity index (χ1v) is 6.83. The number of halogens is 1. The van der Waals surface area contributed by atoms with Crippen molar-refractivity contribution in [1.82, 2.24) is 5.32 Å². The fourth-order valence-electron chi connectivity index (χ4n) is 1.54. The van der Waals surface area contributed by atoms with E-state index >= 15 is 0 Å².